The van der Waals surface area contributed by atoms with E-state index in [0.29, 0.717) is 4.75 Å². The molecule has 0 radical (unpaired) electrons. The molecule has 1 N–H and O–H groups in total. The van der Waals surface area contributed by atoms with E-state index in [2.05, 4.69) is 42.7 Å². The van der Waals surface area contributed by atoms with E-state index in [1.807, 2.05) is 0 Å². The minimum atomic E-state index is 0.472. The fraction of sp³-hybridized carbons (Fsp3) is 1.00. The second-order valence-corrected chi connectivity index (χ2v) is 6.75. The summed E-state index contributed by atoms with van der Waals surface area (Å²) in [6.07, 6.45) is 2.66. The molecule has 0 bridgehead atoms. The van der Waals surface area contributed by atoms with Gasteiger partial charge in [0.1, 0.15) is 0 Å². The van der Waals surface area contributed by atoms with Gasteiger partial charge in [-0.25, -0.2) is 0 Å². The molecule has 0 aromatic heterocycles. The predicted molar refractivity (Wildman–Crippen MR) is 70.8 cm³/mol. The van der Waals surface area contributed by atoms with E-state index in [0.717, 1.165) is 6.54 Å². The van der Waals surface area contributed by atoms with E-state index in [9.17, 15) is 0 Å². The van der Waals surface area contributed by atoms with Gasteiger partial charge in [0, 0.05) is 23.6 Å². The summed E-state index contributed by atoms with van der Waals surface area (Å²) in [6.45, 7) is 13.0. The number of unbranched alkanes of at least 4 members (excludes halogenated alkanes) is 1. The molecule has 0 atom stereocenters. The first-order chi connectivity index (χ1) is 7.14. The maximum Gasteiger partial charge on any atom is 0.0231 e. The van der Waals surface area contributed by atoms with E-state index in [-0.39, 0.29) is 0 Å². The first-order valence-electron chi connectivity index (χ1n) is 6.21. The van der Waals surface area contributed by atoms with E-state index in [1.165, 1.54) is 44.8 Å². The SMILES string of the molecule is CCNCCCCN1CCSC(C)(C)C1. The van der Waals surface area contributed by atoms with Gasteiger partial charge in [0.15, 0.2) is 0 Å². The second kappa shape index (κ2) is 6.77. The summed E-state index contributed by atoms with van der Waals surface area (Å²) in [6, 6.07) is 0. The highest BCUT2D eigenvalue weighted by Crippen LogP contribution is 2.29. The third-order valence-electron chi connectivity index (χ3n) is 2.83. The molecule has 0 aliphatic carbocycles. The molecule has 1 rings (SSSR count). The maximum atomic E-state index is 3.38. The Bertz CT molecular complexity index is 171. The number of nitrogens with zero attached hydrogens (tertiary/aromatic N) is 1. The van der Waals surface area contributed by atoms with Crippen molar-refractivity contribution < 1.29 is 0 Å². The van der Waals surface area contributed by atoms with E-state index >= 15 is 0 Å². The van der Waals surface area contributed by atoms with Gasteiger partial charge in [-0.05, 0) is 46.3 Å². The van der Waals surface area contributed by atoms with Crippen LogP contribution in [0.5, 0.6) is 0 Å². The van der Waals surface area contributed by atoms with Gasteiger partial charge in [-0.2, -0.15) is 11.8 Å². The molecule has 0 unspecified atom stereocenters. The zero-order valence-electron chi connectivity index (χ0n) is 10.5. The Balaban J connectivity index is 2.05. The van der Waals surface area contributed by atoms with Crippen molar-refractivity contribution in [3.8, 4) is 0 Å². The molecule has 90 valence electrons. The normalized spacial score (nSPS) is 21.8. The summed E-state index contributed by atoms with van der Waals surface area (Å²) in [5.41, 5.74) is 0. The highest BCUT2D eigenvalue weighted by atomic mass is 32.2. The van der Waals surface area contributed by atoms with E-state index in [1.54, 1.807) is 0 Å². The van der Waals surface area contributed by atoms with Crippen LogP contribution < -0.4 is 5.32 Å². The molecule has 1 aliphatic rings. The largest absolute Gasteiger partial charge is 0.317 e. The van der Waals surface area contributed by atoms with Crippen LogP contribution in [0.1, 0.15) is 33.6 Å². The molecule has 3 heteroatoms. The Morgan fingerprint density at radius 2 is 2.13 bits per heavy atom. The summed E-state index contributed by atoms with van der Waals surface area (Å²) in [5.74, 6) is 1.31. The third kappa shape index (κ3) is 5.79. The van der Waals surface area contributed by atoms with Crippen LogP contribution in [0.15, 0.2) is 0 Å². The van der Waals surface area contributed by atoms with Crippen molar-refractivity contribution in [1.29, 1.82) is 0 Å². The molecule has 1 heterocycles. The molecular weight excluding hydrogens is 204 g/mol. The molecule has 0 aromatic carbocycles. The monoisotopic (exact) mass is 230 g/mol. The fourth-order valence-electron chi connectivity index (χ4n) is 2.07. The zero-order valence-corrected chi connectivity index (χ0v) is 11.3. The first kappa shape index (κ1) is 13.3. The predicted octanol–water partition coefficient (Wildman–Crippen LogP) is 2.20. The third-order valence-corrected chi connectivity index (χ3v) is 4.13. The van der Waals surface area contributed by atoms with Gasteiger partial charge in [-0.1, -0.05) is 6.92 Å². The maximum absolute atomic E-state index is 3.38. The summed E-state index contributed by atoms with van der Waals surface area (Å²) in [7, 11) is 0. The van der Waals surface area contributed by atoms with Crippen molar-refractivity contribution in [2.24, 2.45) is 0 Å². The average molecular weight is 230 g/mol. The highest BCUT2D eigenvalue weighted by Gasteiger charge is 2.26. The lowest BCUT2D eigenvalue weighted by atomic mass is 10.1. The number of hydrogen-bond acceptors (Lipinski definition) is 3. The van der Waals surface area contributed by atoms with E-state index < -0.39 is 0 Å². The molecule has 0 spiro atoms. The van der Waals surface area contributed by atoms with Crippen molar-refractivity contribution in [1.82, 2.24) is 10.2 Å². The Hall–Kier alpha value is 0.270. The lowest BCUT2D eigenvalue weighted by molar-refractivity contribution is 0.255. The Morgan fingerprint density at radius 3 is 2.80 bits per heavy atom. The molecule has 15 heavy (non-hydrogen) atoms. The zero-order chi connectivity index (χ0) is 11.1. The molecular formula is C12H26N2S. The summed E-state index contributed by atoms with van der Waals surface area (Å²) in [5, 5.41) is 3.38. The minimum Gasteiger partial charge on any atom is -0.317 e. The molecule has 0 aromatic rings. The van der Waals surface area contributed by atoms with Gasteiger partial charge in [0.25, 0.3) is 0 Å². The van der Waals surface area contributed by atoms with Gasteiger partial charge < -0.3 is 10.2 Å². The number of nitrogens with one attached hydrogen (secondary N) is 1. The lowest BCUT2D eigenvalue weighted by Gasteiger charge is -2.37. The molecule has 0 amide bonds. The minimum absolute atomic E-state index is 0.472. The van der Waals surface area contributed by atoms with Crippen molar-refractivity contribution in [3.63, 3.8) is 0 Å². The smallest absolute Gasteiger partial charge is 0.0231 e. The van der Waals surface area contributed by atoms with Crippen molar-refractivity contribution in [3.05, 3.63) is 0 Å². The fourth-order valence-corrected chi connectivity index (χ4v) is 3.24. The Labute approximate surface area is 99.2 Å². The molecule has 1 aliphatic heterocycles. The number of hydrogen-bond donors (Lipinski definition) is 1. The Kier molecular flexibility index (Phi) is 6.02. The van der Waals surface area contributed by atoms with Crippen molar-refractivity contribution >= 4 is 11.8 Å². The quantitative estimate of drug-likeness (QED) is 0.704. The van der Waals surface area contributed by atoms with Crippen LogP contribution in [-0.2, 0) is 0 Å². The van der Waals surface area contributed by atoms with E-state index in [4.69, 9.17) is 0 Å². The molecule has 2 nitrogen and oxygen atoms in total. The van der Waals surface area contributed by atoms with Crippen LogP contribution in [0.4, 0.5) is 0 Å². The average Bonchev–Trinajstić information content (AvgIpc) is 2.16. The van der Waals surface area contributed by atoms with Gasteiger partial charge in [-0.3, -0.25) is 0 Å². The van der Waals surface area contributed by atoms with Crippen LogP contribution in [0.3, 0.4) is 0 Å². The van der Waals surface area contributed by atoms with Crippen LogP contribution in [-0.4, -0.2) is 48.1 Å². The first-order valence-corrected chi connectivity index (χ1v) is 7.19. The summed E-state index contributed by atoms with van der Waals surface area (Å²) in [4.78, 5) is 2.63. The Morgan fingerprint density at radius 1 is 1.33 bits per heavy atom. The van der Waals surface area contributed by atoms with Crippen LogP contribution in [0, 0.1) is 0 Å². The highest BCUT2D eigenvalue weighted by molar-refractivity contribution is 8.00. The van der Waals surface area contributed by atoms with Crippen molar-refractivity contribution in [2.75, 3.05) is 38.5 Å². The summed E-state index contributed by atoms with van der Waals surface area (Å²) < 4.78 is 0.472. The van der Waals surface area contributed by atoms with Gasteiger partial charge in [0.2, 0.25) is 0 Å². The van der Waals surface area contributed by atoms with Gasteiger partial charge in [0.05, 0.1) is 0 Å². The number of thioether (sulfide) groups is 1. The topological polar surface area (TPSA) is 15.3 Å². The molecule has 1 fully saturated rings. The lowest BCUT2D eigenvalue weighted by Crippen LogP contribution is -2.43. The van der Waals surface area contributed by atoms with Crippen LogP contribution in [0.25, 0.3) is 0 Å². The summed E-state index contributed by atoms with van der Waals surface area (Å²) >= 11 is 2.12. The molecule has 1 saturated heterocycles. The van der Waals surface area contributed by atoms with Crippen LogP contribution >= 0.6 is 11.8 Å². The van der Waals surface area contributed by atoms with Gasteiger partial charge in [-0.15, -0.1) is 0 Å². The van der Waals surface area contributed by atoms with Crippen molar-refractivity contribution in [2.45, 2.75) is 38.4 Å². The standard InChI is InChI=1S/C12H26N2S/c1-4-13-7-5-6-8-14-9-10-15-12(2,3)11-14/h13H,4-11H2,1-3H3. The van der Waals surface area contributed by atoms with Crippen LogP contribution in [0.2, 0.25) is 0 Å². The number of rotatable bonds is 6. The second-order valence-electron chi connectivity index (χ2n) is 4.94. The molecule has 0 saturated carbocycles. The van der Waals surface area contributed by atoms with Gasteiger partial charge >= 0.3 is 0 Å².